The lowest BCUT2D eigenvalue weighted by atomic mass is 10.1. The van der Waals surface area contributed by atoms with Crippen molar-refractivity contribution in [2.24, 2.45) is 11.7 Å². The van der Waals surface area contributed by atoms with E-state index in [9.17, 15) is 0 Å². The summed E-state index contributed by atoms with van der Waals surface area (Å²) in [6.07, 6.45) is 2.06. The van der Waals surface area contributed by atoms with Gasteiger partial charge in [0.1, 0.15) is 0 Å². The highest BCUT2D eigenvalue weighted by atomic mass is 32.1. The number of hydrogen-bond donors (Lipinski definition) is 1. The van der Waals surface area contributed by atoms with E-state index in [2.05, 4.69) is 46.8 Å². The van der Waals surface area contributed by atoms with Gasteiger partial charge >= 0.3 is 0 Å². The second-order valence-electron chi connectivity index (χ2n) is 5.56. The van der Waals surface area contributed by atoms with Crippen molar-refractivity contribution < 1.29 is 0 Å². The first-order valence-electron chi connectivity index (χ1n) is 6.67. The molecule has 1 aliphatic heterocycles. The molecule has 1 aliphatic rings. The molecule has 3 heterocycles. The van der Waals surface area contributed by atoms with Gasteiger partial charge in [0.2, 0.25) is 0 Å². The van der Waals surface area contributed by atoms with Crippen LogP contribution in [0, 0.1) is 5.92 Å². The molecule has 2 aromatic rings. The fraction of sp³-hybridized carbons (Fsp3) is 0.615. The third kappa shape index (κ3) is 2.04. The molecule has 1 fully saturated rings. The summed E-state index contributed by atoms with van der Waals surface area (Å²) in [7, 11) is 4.31. The van der Waals surface area contributed by atoms with Crippen molar-refractivity contribution in [2.45, 2.75) is 19.5 Å². The molecule has 0 bridgehead atoms. The number of nitrogens with two attached hydrogens (primary N) is 1. The predicted octanol–water partition coefficient (Wildman–Crippen LogP) is 1.24. The molecular formula is C13H21N5S. The van der Waals surface area contributed by atoms with Crippen LogP contribution in [-0.2, 0) is 6.54 Å². The Balaban J connectivity index is 1.94. The van der Waals surface area contributed by atoms with E-state index in [-0.39, 0.29) is 0 Å². The molecule has 3 rings (SSSR count). The number of likely N-dealkylation sites (N-methyl/N-ethyl adjacent to an activating group) is 1. The minimum absolute atomic E-state index is 0.532. The topological polar surface area (TPSA) is 49.8 Å². The van der Waals surface area contributed by atoms with Gasteiger partial charge in [-0.05, 0) is 20.0 Å². The Labute approximate surface area is 117 Å². The fourth-order valence-corrected chi connectivity index (χ4v) is 3.79. The highest BCUT2D eigenvalue weighted by Gasteiger charge is 2.33. The van der Waals surface area contributed by atoms with Crippen LogP contribution >= 0.6 is 11.3 Å². The Kier molecular flexibility index (Phi) is 3.24. The minimum Gasteiger partial charge on any atom is -0.353 e. The maximum Gasteiger partial charge on any atom is 0.195 e. The smallest absolute Gasteiger partial charge is 0.195 e. The predicted molar refractivity (Wildman–Crippen MR) is 79.8 cm³/mol. The van der Waals surface area contributed by atoms with Crippen LogP contribution in [0.1, 0.15) is 12.6 Å². The number of rotatable bonds is 3. The highest BCUT2D eigenvalue weighted by molar-refractivity contribution is 7.15. The van der Waals surface area contributed by atoms with Crippen molar-refractivity contribution in [1.82, 2.24) is 14.3 Å². The average Bonchev–Trinajstić information content (AvgIpc) is 3.00. The van der Waals surface area contributed by atoms with Crippen LogP contribution in [0.3, 0.4) is 0 Å². The molecule has 6 heteroatoms. The zero-order valence-electron chi connectivity index (χ0n) is 11.7. The summed E-state index contributed by atoms with van der Waals surface area (Å²) < 4.78 is 2.12. The summed E-state index contributed by atoms with van der Waals surface area (Å²) in [4.78, 5) is 10.5. The molecule has 0 radical (unpaired) electrons. The molecule has 0 aromatic carbocycles. The zero-order chi connectivity index (χ0) is 13.6. The summed E-state index contributed by atoms with van der Waals surface area (Å²) in [6, 6.07) is 0.588. The van der Waals surface area contributed by atoms with E-state index in [0.29, 0.717) is 18.5 Å². The molecule has 2 unspecified atom stereocenters. The van der Waals surface area contributed by atoms with Gasteiger partial charge in [-0.15, -0.1) is 11.3 Å². The lowest BCUT2D eigenvalue weighted by Gasteiger charge is -2.22. The normalized spacial score (nSPS) is 23.9. The molecule has 2 N–H and O–H groups in total. The zero-order valence-corrected chi connectivity index (χ0v) is 12.5. The van der Waals surface area contributed by atoms with Crippen LogP contribution < -0.4 is 10.6 Å². The van der Waals surface area contributed by atoms with E-state index >= 15 is 0 Å². The van der Waals surface area contributed by atoms with Crippen molar-refractivity contribution in [1.29, 1.82) is 0 Å². The lowest BCUT2D eigenvalue weighted by Crippen LogP contribution is -2.34. The molecule has 19 heavy (non-hydrogen) atoms. The van der Waals surface area contributed by atoms with Crippen molar-refractivity contribution in [2.75, 3.05) is 32.1 Å². The number of anilines is 1. The van der Waals surface area contributed by atoms with E-state index in [1.807, 2.05) is 0 Å². The number of thiazole rings is 1. The van der Waals surface area contributed by atoms with Crippen LogP contribution in [0.4, 0.5) is 5.82 Å². The molecule has 0 amide bonds. The van der Waals surface area contributed by atoms with Gasteiger partial charge in [0.05, 0.1) is 5.69 Å². The molecule has 5 nitrogen and oxygen atoms in total. The standard InChI is InChI=1S/C13H21N5S/c1-9-7-17(8-11(9)16(2)3)12-10(6-14)18-4-5-19-13(18)15-12/h4-5,9,11H,6-8,14H2,1-3H3. The monoisotopic (exact) mass is 279 g/mol. The van der Waals surface area contributed by atoms with Crippen molar-refractivity contribution in [3.05, 3.63) is 17.3 Å². The quantitative estimate of drug-likeness (QED) is 0.918. The molecular weight excluding hydrogens is 258 g/mol. The van der Waals surface area contributed by atoms with E-state index < -0.39 is 0 Å². The second kappa shape index (κ2) is 4.77. The third-order valence-corrected chi connectivity index (χ3v) is 4.83. The maximum atomic E-state index is 5.92. The summed E-state index contributed by atoms with van der Waals surface area (Å²) in [5.74, 6) is 1.73. The van der Waals surface area contributed by atoms with Crippen LogP contribution in [0.2, 0.25) is 0 Å². The van der Waals surface area contributed by atoms with Gasteiger partial charge in [-0.25, -0.2) is 4.98 Å². The van der Waals surface area contributed by atoms with Gasteiger partial charge in [0, 0.05) is 37.3 Å². The first kappa shape index (κ1) is 12.9. The first-order valence-corrected chi connectivity index (χ1v) is 7.55. The Morgan fingerprint density at radius 3 is 2.89 bits per heavy atom. The van der Waals surface area contributed by atoms with Gasteiger partial charge in [-0.3, -0.25) is 4.40 Å². The molecule has 104 valence electrons. The Morgan fingerprint density at radius 2 is 2.26 bits per heavy atom. The summed E-state index contributed by atoms with van der Waals surface area (Å²) >= 11 is 1.66. The number of aromatic nitrogens is 2. The first-order chi connectivity index (χ1) is 9.11. The molecule has 0 saturated carbocycles. The molecule has 0 aliphatic carbocycles. The van der Waals surface area contributed by atoms with E-state index in [1.54, 1.807) is 11.3 Å². The SMILES string of the molecule is CC1CN(c2nc3sccn3c2CN)CC1N(C)C. The van der Waals surface area contributed by atoms with Gasteiger partial charge < -0.3 is 15.5 Å². The summed E-state index contributed by atoms with van der Waals surface area (Å²) in [6.45, 7) is 4.93. The molecule has 2 atom stereocenters. The van der Waals surface area contributed by atoms with Gasteiger partial charge in [0.25, 0.3) is 0 Å². The van der Waals surface area contributed by atoms with Crippen LogP contribution in [0.15, 0.2) is 11.6 Å². The van der Waals surface area contributed by atoms with Crippen LogP contribution in [0.5, 0.6) is 0 Å². The van der Waals surface area contributed by atoms with E-state index in [1.165, 1.54) is 0 Å². The van der Waals surface area contributed by atoms with E-state index in [0.717, 1.165) is 29.6 Å². The van der Waals surface area contributed by atoms with Crippen LogP contribution in [0.25, 0.3) is 4.96 Å². The Morgan fingerprint density at radius 1 is 1.47 bits per heavy atom. The van der Waals surface area contributed by atoms with Gasteiger partial charge in [-0.2, -0.15) is 0 Å². The van der Waals surface area contributed by atoms with Crippen molar-refractivity contribution in [3.63, 3.8) is 0 Å². The number of hydrogen-bond acceptors (Lipinski definition) is 5. The lowest BCUT2D eigenvalue weighted by molar-refractivity contribution is 0.266. The second-order valence-corrected chi connectivity index (χ2v) is 6.43. The number of fused-ring (bicyclic) bond motifs is 1. The molecule has 2 aromatic heterocycles. The Hall–Kier alpha value is -1.11. The fourth-order valence-electron chi connectivity index (χ4n) is 3.06. The highest BCUT2D eigenvalue weighted by Crippen LogP contribution is 2.30. The van der Waals surface area contributed by atoms with Gasteiger partial charge in [0.15, 0.2) is 10.8 Å². The van der Waals surface area contributed by atoms with Crippen molar-refractivity contribution >= 4 is 22.1 Å². The minimum atomic E-state index is 0.532. The number of nitrogens with zero attached hydrogens (tertiary/aromatic N) is 4. The average molecular weight is 279 g/mol. The van der Waals surface area contributed by atoms with Crippen LogP contribution in [-0.4, -0.2) is 47.5 Å². The third-order valence-electron chi connectivity index (χ3n) is 4.07. The summed E-state index contributed by atoms with van der Waals surface area (Å²) in [5, 5.41) is 2.06. The summed E-state index contributed by atoms with van der Waals surface area (Å²) in [5.41, 5.74) is 7.05. The number of imidazole rings is 1. The molecule has 1 saturated heterocycles. The van der Waals surface area contributed by atoms with Gasteiger partial charge in [-0.1, -0.05) is 6.92 Å². The maximum absolute atomic E-state index is 5.92. The Bertz CT molecular complexity index is 573. The van der Waals surface area contributed by atoms with Crippen molar-refractivity contribution in [3.8, 4) is 0 Å². The largest absolute Gasteiger partial charge is 0.353 e. The molecule has 0 spiro atoms. The van der Waals surface area contributed by atoms with E-state index in [4.69, 9.17) is 10.7 Å².